The van der Waals surface area contributed by atoms with Gasteiger partial charge < -0.3 is 5.32 Å². The Labute approximate surface area is 83.9 Å². The van der Waals surface area contributed by atoms with Crippen molar-refractivity contribution in [3.05, 3.63) is 29.8 Å². The van der Waals surface area contributed by atoms with Crippen LogP contribution < -0.4 is 5.32 Å². The number of hydrogen-bond donors (Lipinski definition) is 1. The molecule has 1 atom stereocenters. The van der Waals surface area contributed by atoms with E-state index in [2.05, 4.69) is 36.5 Å². The van der Waals surface area contributed by atoms with E-state index < -0.39 is 0 Å². The van der Waals surface area contributed by atoms with Gasteiger partial charge in [-0.05, 0) is 36.8 Å². The third-order valence-electron chi connectivity index (χ3n) is 2.32. The molecule has 0 aromatic heterocycles. The molecule has 0 radical (unpaired) electrons. The molecule has 0 amide bonds. The monoisotopic (exact) mass is 193 g/mol. The van der Waals surface area contributed by atoms with Gasteiger partial charge in [-0.1, -0.05) is 12.1 Å². The van der Waals surface area contributed by atoms with Gasteiger partial charge in [0.1, 0.15) is 0 Å². The molecule has 13 heavy (non-hydrogen) atoms. The highest BCUT2D eigenvalue weighted by Crippen LogP contribution is 2.21. The summed E-state index contributed by atoms with van der Waals surface area (Å²) in [5.41, 5.74) is 2.60. The molecule has 1 saturated heterocycles. The van der Waals surface area contributed by atoms with E-state index in [1.165, 1.54) is 29.2 Å². The molecule has 1 heterocycles. The van der Waals surface area contributed by atoms with Crippen LogP contribution in [0.4, 0.5) is 5.69 Å². The molecular weight excluding hydrogens is 178 g/mol. The van der Waals surface area contributed by atoms with Crippen LogP contribution in [0, 0.1) is 6.92 Å². The first kappa shape index (κ1) is 8.95. The van der Waals surface area contributed by atoms with E-state index in [9.17, 15) is 0 Å². The lowest BCUT2D eigenvalue weighted by Crippen LogP contribution is -2.17. The third kappa shape index (κ3) is 2.41. The Balaban J connectivity index is 2.00. The van der Waals surface area contributed by atoms with Crippen molar-refractivity contribution in [2.75, 3.05) is 16.8 Å². The Morgan fingerprint density at radius 1 is 1.46 bits per heavy atom. The van der Waals surface area contributed by atoms with Crippen LogP contribution in [0.15, 0.2) is 24.3 Å². The number of aryl methyl sites for hydroxylation is 1. The maximum Gasteiger partial charge on any atom is 0.0359 e. The summed E-state index contributed by atoms with van der Waals surface area (Å²) >= 11 is 2.04. The Morgan fingerprint density at radius 2 is 2.38 bits per heavy atom. The van der Waals surface area contributed by atoms with Crippen LogP contribution in [0.3, 0.4) is 0 Å². The summed E-state index contributed by atoms with van der Waals surface area (Å²) in [6, 6.07) is 9.29. The third-order valence-corrected chi connectivity index (χ3v) is 3.48. The normalized spacial score (nSPS) is 21.8. The second kappa shape index (κ2) is 4.05. The van der Waals surface area contributed by atoms with Gasteiger partial charge in [0.2, 0.25) is 0 Å². The highest BCUT2D eigenvalue weighted by molar-refractivity contribution is 7.99. The SMILES string of the molecule is Cc1cccc(N[C@@H]2CCSC2)c1. The van der Waals surface area contributed by atoms with E-state index in [0.29, 0.717) is 6.04 Å². The van der Waals surface area contributed by atoms with Crippen LogP contribution in [0.2, 0.25) is 0 Å². The molecule has 1 N–H and O–H groups in total. The van der Waals surface area contributed by atoms with Crippen LogP contribution in [0.1, 0.15) is 12.0 Å². The van der Waals surface area contributed by atoms with Gasteiger partial charge >= 0.3 is 0 Å². The number of hydrogen-bond acceptors (Lipinski definition) is 2. The maximum absolute atomic E-state index is 3.56. The van der Waals surface area contributed by atoms with E-state index in [0.717, 1.165) is 0 Å². The summed E-state index contributed by atoms with van der Waals surface area (Å²) in [6.45, 7) is 2.13. The summed E-state index contributed by atoms with van der Waals surface area (Å²) in [5, 5.41) is 3.56. The second-order valence-corrected chi connectivity index (χ2v) is 4.72. The largest absolute Gasteiger partial charge is 0.381 e. The van der Waals surface area contributed by atoms with Gasteiger partial charge in [-0.25, -0.2) is 0 Å². The lowest BCUT2D eigenvalue weighted by molar-refractivity contribution is 0.813. The summed E-state index contributed by atoms with van der Waals surface area (Å²) in [4.78, 5) is 0. The van der Waals surface area contributed by atoms with E-state index in [-0.39, 0.29) is 0 Å². The van der Waals surface area contributed by atoms with E-state index >= 15 is 0 Å². The highest BCUT2D eigenvalue weighted by Gasteiger charge is 2.14. The van der Waals surface area contributed by atoms with Crippen molar-refractivity contribution in [1.29, 1.82) is 0 Å². The summed E-state index contributed by atoms with van der Waals surface area (Å²) in [6.07, 6.45) is 1.30. The van der Waals surface area contributed by atoms with Gasteiger partial charge in [-0.2, -0.15) is 11.8 Å². The van der Waals surface area contributed by atoms with Gasteiger partial charge in [0.25, 0.3) is 0 Å². The van der Waals surface area contributed by atoms with Crippen LogP contribution in [-0.4, -0.2) is 17.5 Å². The number of nitrogens with one attached hydrogen (secondary N) is 1. The molecule has 70 valence electrons. The first-order valence-electron chi connectivity index (χ1n) is 4.75. The predicted octanol–water partition coefficient (Wildman–Crippen LogP) is 2.91. The second-order valence-electron chi connectivity index (χ2n) is 3.57. The quantitative estimate of drug-likeness (QED) is 0.775. The van der Waals surface area contributed by atoms with Gasteiger partial charge in [0.05, 0.1) is 0 Å². The molecule has 1 aliphatic heterocycles. The smallest absolute Gasteiger partial charge is 0.0359 e. The van der Waals surface area contributed by atoms with Gasteiger partial charge in [-0.15, -0.1) is 0 Å². The molecule has 2 heteroatoms. The highest BCUT2D eigenvalue weighted by atomic mass is 32.2. The zero-order chi connectivity index (χ0) is 9.10. The minimum Gasteiger partial charge on any atom is -0.381 e. The zero-order valence-corrected chi connectivity index (χ0v) is 8.73. The molecule has 0 unspecified atom stereocenters. The van der Waals surface area contributed by atoms with Crippen molar-refractivity contribution in [2.24, 2.45) is 0 Å². The lowest BCUT2D eigenvalue weighted by atomic mass is 10.2. The minimum absolute atomic E-state index is 0.687. The van der Waals surface area contributed by atoms with Crippen molar-refractivity contribution in [3.63, 3.8) is 0 Å². The molecule has 0 saturated carbocycles. The van der Waals surface area contributed by atoms with Crippen LogP contribution in [-0.2, 0) is 0 Å². The fraction of sp³-hybridized carbons (Fsp3) is 0.455. The molecule has 1 nitrogen and oxygen atoms in total. The average molecular weight is 193 g/mol. The fourth-order valence-electron chi connectivity index (χ4n) is 1.62. The van der Waals surface area contributed by atoms with Crippen LogP contribution in [0.5, 0.6) is 0 Å². The summed E-state index contributed by atoms with van der Waals surface area (Å²) in [7, 11) is 0. The van der Waals surface area contributed by atoms with Crippen molar-refractivity contribution in [1.82, 2.24) is 0 Å². The Kier molecular flexibility index (Phi) is 2.79. The first-order chi connectivity index (χ1) is 6.34. The van der Waals surface area contributed by atoms with Gasteiger partial charge in [0.15, 0.2) is 0 Å². The van der Waals surface area contributed by atoms with Crippen molar-refractivity contribution in [2.45, 2.75) is 19.4 Å². The van der Waals surface area contributed by atoms with Gasteiger partial charge in [0, 0.05) is 17.5 Å². The Bertz CT molecular complexity index is 279. The average Bonchev–Trinajstić information content (AvgIpc) is 2.57. The van der Waals surface area contributed by atoms with Crippen molar-refractivity contribution < 1.29 is 0 Å². The number of benzene rings is 1. The first-order valence-corrected chi connectivity index (χ1v) is 5.91. The number of anilines is 1. The Hall–Kier alpha value is -0.630. The molecule has 1 fully saturated rings. The molecular formula is C11H15NS. The predicted molar refractivity (Wildman–Crippen MR) is 60.5 cm³/mol. The van der Waals surface area contributed by atoms with Crippen LogP contribution >= 0.6 is 11.8 Å². The lowest BCUT2D eigenvalue weighted by Gasteiger charge is -2.12. The molecule has 0 aliphatic carbocycles. The van der Waals surface area contributed by atoms with Crippen molar-refractivity contribution >= 4 is 17.4 Å². The zero-order valence-electron chi connectivity index (χ0n) is 7.92. The molecule has 2 rings (SSSR count). The van der Waals surface area contributed by atoms with E-state index in [1.807, 2.05) is 11.8 Å². The summed E-state index contributed by atoms with van der Waals surface area (Å²) in [5.74, 6) is 2.57. The minimum atomic E-state index is 0.687. The van der Waals surface area contributed by atoms with E-state index in [4.69, 9.17) is 0 Å². The molecule has 1 aromatic rings. The summed E-state index contributed by atoms with van der Waals surface area (Å²) < 4.78 is 0. The van der Waals surface area contributed by atoms with Gasteiger partial charge in [-0.3, -0.25) is 0 Å². The maximum atomic E-state index is 3.56. The number of thioether (sulfide) groups is 1. The molecule has 1 aromatic carbocycles. The molecule has 0 spiro atoms. The van der Waals surface area contributed by atoms with Crippen molar-refractivity contribution in [3.8, 4) is 0 Å². The van der Waals surface area contributed by atoms with Crippen LogP contribution in [0.25, 0.3) is 0 Å². The van der Waals surface area contributed by atoms with E-state index in [1.54, 1.807) is 0 Å². The Morgan fingerprint density at radius 3 is 3.08 bits per heavy atom. The fourth-order valence-corrected chi connectivity index (χ4v) is 2.77. The molecule has 1 aliphatic rings. The molecule has 0 bridgehead atoms. The standard InChI is InChI=1S/C11H15NS/c1-9-3-2-4-10(7-9)12-11-5-6-13-8-11/h2-4,7,11-12H,5-6,8H2,1H3/t11-/m1/s1. The topological polar surface area (TPSA) is 12.0 Å². The number of rotatable bonds is 2.